The molecule has 27 heavy (non-hydrogen) atoms. The fourth-order valence-electron chi connectivity index (χ4n) is 3.49. The molecule has 146 valence electrons. The number of nitrogen functional groups attached to an aromatic ring is 1. The van der Waals surface area contributed by atoms with Crippen LogP contribution in [0.1, 0.15) is 56.9 Å². The summed E-state index contributed by atoms with van der Waals surface area (Å²) in [7, 11) is 0. The number of nitrogens with zero attached hydrogens (tertiary/aromatic N) is 2. The molecule has 1 aromatic heterocycles. The molecule has 2 heterocycles. The first-order chi connectivity index (χ1) is 12.9. The van der Waals surface area contributed by atoms with Crippen molar-refractivity contribution >= 4 is 11.6 Å². The van der Waals surface area contributed by atoms with E-state index in [0.29, 0.717) is 17.7 Å². The van der Waals surface area contributed by atoms with Gasteiger partial charge >= 0.3 is 0 Å². The van der Waals surface area contributed by atoms with Crippen molar-refractivity contribution in [3.05, 3.63) is 47.3 Å². The van der Waals surface area contributed by atoms with Gasteiger partial charge in [0, 0.05) is 12.6 Å². The Kier molecular flexibility index (Phi) is 6.32. The lowest BCUT2D eigenvalue weighted by molar-refractivity contribution is 0.478. The van der Waals surface area contributed by atoms with Gasteiger partial charge in [-0.15, -0.1) is 0 Å². The molecule has 5 heteroatoms. The number of nitrogens with two attached hydrogens (primary N) is 1. The van der Waals surface area contributed by atoms with Crippen LogP contribution in [0.5, 0.6) is 0 Å². The molecule has 1 aromatic carbocycles. The Morgan fingerprint density at radius 3 is 2.63 bits per heavy atom. The Hall–Kier alpha value is -2.14. The molecular weight excluding hydrogens is 334 g/mol. The van der Waals surface area contributed by atoms with Gasteiger partial charge in [0.25, 0.3) is 0 Å². The first kappa shape index (κ1) is 19.6. The Morgan fingerprint density at radius 2 is 1.96 bits per heavy atom. The number of rotatable bonds is 6. The van der Waals surface area contributed by atoms with Crippen molar-refractivity contribution in [3.8, 4) is 0 Å². The maximum atomic E-state index is 6.10. The second kappa shape index (κ2) is 8.70. The molecule has 0 bridgehead atoms. The van der Waals surface area contributed by atoms with Crippen molar-refractivity contribution in [1.29, 1.82) is 0 Å². The predicted octanol–water partition coefficient (Wildman–Crippen LogP) is 3.70. The number of benzene rings is 1. The lowest BCUT2D eigenvalue weighted by atomic mass is 9.86. The lowest BCUT2D eigenvalue weighted by Crippen LogP contribution is -2.38. The normalized spacial score (nSPS) is 17.7. The van der Waals surface area contributed by atoms with E-state index in [1.807, 2.05) is 0 Å². The van der Waals surface area contributed by atoms with Gasteiger partial charge in [-0.05, 0) is 55.2 Å². The minimum Gasteiger partial charge on any atom is -0.396 e. The Balaban J connectivity index is 1.54. The van der Waals surface area contributed by atoms with Crippen molar-refractivity contribution in [1.82, 2.24) is 15.3 Å². The Labute approximate surface area is 163 Å². The average Bonchev–Trinajstić information content (AvgIpc) is 2.65. The fourth-order valence-corrected chi connectivity index (χ4v) is 3.49. The molecule has 0 radical (unpaired) electrons. The van der Waals surface area contributed by atoms with Crippen LogP contribution < -0.4 is 16.4 Å². The summed E-state index contributed by atoms with van der Waals surface area (Å²) in [6, 6.07) is 9.37. The summed E-state index contributed by atoms with van der Waals surface area (Å²) < 4.78 is 0. The van der Waals surface area contributed by atoms with Gasteiger partial charge in [-0.25, -0.2) is 9.97 Å². The van der Waals surface area contributed by atoms with Gasteiger partial charge in [-0.1, -0.05) is 45.0 Å². The molecule has 5 nitrogen and oxygen atoms in total. The Morgan fingerprint density at radius 1 is 1.19 bits per heavy atom. The summed E-state index contributed by atoms with van der Waals surface area (Å²) >= 11 is 0. The van der Waals surface area contributed by atoms with E-state index in [2.05, 4.69) is 65.6 Å². The van der Waals surface area contributed by atoms with Gasteiger partial charge in [0.05, 0.1) is 17.6 Å². The molecule has 2 aromatic rings. The van der Waals surface area contributed by atoms with Crippen LogP contribution in [-0.4, -0.2) is 29.1 Å². The summed E-state index contributed by atoms with van der Waals surface area (Å²) in [4.78, 5) is 9.03. The summed E-state index contributed by atoms with van der Waals surface area (Å²) in [6.45, 7) is 8.80. The standard InChI is InChI=1S/C22H33N5/c1-22(2,3)17-11-9-16(10-12-17)6-4-8-20-19(23)15-25-21(27-20)26-18-7-5-13-24-14-18/h9-12,15,18,24H,4-8,13-14,23H2,1-3H3,(H,25,26,27). The number of anilines is 2. The molecular formula is C22H33N5. The first-order valence-corrected chi connectivity index (χ1v) is 10.1. The van der Waals surface area contributed by atoms with Gasteiger partial charge in [-0.2, -0.15) is 0 Å². The topological polar surface area (TPSA) is 75.9 Å². The molecule has 1 atom stereocenters. The molecule has 1 fully saturated rings. The third-order valence-electron chi connectivity index (χ3n) is 5.23. The monoisotopic (exact) mass is 367 g/mol. The molecule has 3 rings (SSSR count). The van der Waals surface area contributed by atoms with Crippen LogP contribution in [0.15, 0.2) is 30.5 Å². The van der Waals surface area contributed by atoms with Gasteiger partial charge in [0.2, 0.25) is 5.95 Å². The van der Waals surface area contributed by atoms with E-state index in [1.54, 1.807) is 6.20 Å². The van der Waals surface area contributed by atoms with Crippen molar-refractivity contribution in [2.45, 2.75) is 64.3 Å². The molecule has 4 N–H and O–H groups in total. The first-order valence-electron chi connectivity index (χ1n) is 10.1. The zero-order valence-electron chi connectivity index (χ0n) is 16.9. The third kappa shape index (κ3) is 5.67. The number of hydrogen-bond donors (Lipinski definition) is 3. The zero-order valence-corrected chi connectivity index (χ0v) is 16.9. The van der Waals surface area contributed by atoms with Crippen molar-refractivity contribution in [2.24, 2.45) is 0 Å². The molecule has 0 aliphatic carbocycles. The van der Waals surface area contributed by atoms with Gasteiger partial charge in [0.1, 0.15) is 0 Å². The van der Waals surface area contributed by atoms with Crippen LogP contribution in [0.25, 0.3) is 0 Å². The smallest absolute Gasteiger partial charge is 0.223 e. The summed E-state index contributed by atoms with van der Waals surface area (Å²) in [5.41, 5.74) is 10.7. The maximum Gasteiger partial charge on any atom is 0.223 e. The highest BCUT2D eigenvalue weighted by molar-refractivity contribution is 5.44. The molecule has 0 saturated carbocycles. The van der Waals surface area contributed by atoms with Crippen LogP contribution in [0.3, 0.4) is 0 Å². The third-order valence-corrected chi connectivity index (χ3v) is 5.23. The largest absolute Gasteiger partial charge is 0.396 e. The van der Waals surface area contributed by atoms with Gasteiger partial charge in [0.15, 0.2) is 0 Å². The number of nitrogens with one attached hydrogen (secondary N) is 2. The second-order valence-corrected chi connectivity index (χ2v) is 8.58. The van der Waals surface area contributed by atoms with Crippen LogP contribution in [0.4, 0.5) is 11.6 Å². The fraction of sp³-hybridized carbons (Fsp3) is 0.545. The highest BCUT2D eigenvalue weighted by Crippen LogP contribution is 2.23. The minimum absolute atomic E-state index is 0.200. The summed E-state index contributed by atoms with van der Waals surface area (Å²) in [5.74, 6) is 0.697. The van der Waals surface area contributed by atoms with E-state index in [1.165, 1.54) is 17.5 Å². The highest BCUT2D eigenvalue weighted by Gasteiger charge is 2.15. The number of hydrogen-bond acceptors (Lipinski definition) is 5. The van der Waals surface area contributed by atoms with E-state index in [4.69, 9.17) is 5.73 Å². The predicted molar refractivity (Wildman–Crippen MR) is 113 cm³/mol. The minimum atomic E-state index is 0.200. The van der Waals surface area contributed by atoms with Crippen molar-refractivity contribution < 1.29 is 0 Å². The van der Waals surface area contributed by atoms with E-state index >= 15 is 0 Å². The quantitative estimate of drug-likeness (QED) is 0.726. The highest BCUT2D eigenvalue weighted by atomic mass is 15.1. The second-order valence-electron chi connectivity index (χ2n) is 8.58. The van der Waals surface area contributed by atoms with Gasteiger partial charge < -0.3 is 16.4 Å². The van der Waals surface area contributed by atoms with Crippen molar-refractivity contribution in [2.75, 3.05) is 24.1 Å². The van der Waals surface area contributed by atoms with E-state index < -0.39 is 0 Å². The molecule has 1 saturated heterocycles. The maximum absolute atomic E-state index is 6.10. The summed E-state index contributed by atoms with van der Waals surface area (Å²) in [5, 5.41) is 6.84. The van der Waals surface area contributed by atoms with Crippen LogP contribution in [0, 0.1) is 0 Å². The molecule has 1 unspecified atom stereocenters. The SMILES string of the molecule is CC(C)(C)c1ccc(CCCc2nc(NC3CCCNC3)ncc2N)cc1. The molecule has 0 amide bonds. The zero-order chi connectivity index (χ0) is 19.3. The lowest BCUT2D eigenvalue weighted by Gasteiger charge is -2.24. The van der Waals surface area contributed by atoms with Crippen LogP contribution in [0.2, 0.25) is 0 Å². The van der Waals surface area contributed by atoms with E-state index in [-0.39, 0.29) is 5.41 Å². The Bertz CT molecular complexity index is 727. The van der Waals surface area contributed by atoms with E-state index in [0.717, 1.165) is 44.5 Å². The van der Waals surface area contributed by atoms with Crippen molar-refractivity contribution in [3.63, 3.8) is 0 Å². The number of aryl methyl sites for hydroxylation is 2. The summed E-state index contributed by atoms with van der Waals surface area (Å²) in [6.07, 6.45) is 7.00. The molecule has 0 spiro atoms. The molecule has 1 aliphatic rings. The number of piperidine rings is 1. The van der Waals surface area contributed by atoms with Crippen LogP contribution in [-0.2, 0) is 18.3 Å². The van der Waals surface area contributed by atoms with Crippen LogP contribution >= 0.6 is 0 Å². The number of aromatic nitrogens is 2. The molecule has 1 aliphatic heterocycles. The van der Waals surface area contributed by atoms with Gasteiger partial charge in [-0.3, -0.25) is 0 Å². The van der Waals surface area contributed by atoms with E-state index in [9.17, 15) is 0 Å². The average molecular weight is 368 g/mol.